The predicted molar refractivity (Wildman–Crippen MR) is 76.4 cm³/mol. The van der Waals surface area contributed by atoms with Gasteiger partial charge in [0.15, 0.2) is 0 Å². The Bertz CT molecular complexity index is 289. The Hall–Kier alpha value is -0.590. The summed E-state index contributed by atoms with van der Waals surface area (Å²) in [6.07, 6.45) is 5.71. The first kappa shape index (κ1) is 15.5. The van der Waals surface area contributed by atoms with Gasteiger partial charge < -0.3 is 4.90 Å². The zero-order chi connectivity index (χ0) is 13.8. The molecule has 2 unspecified atom stereocenters. The van der Waals surface area contributed by atoms with Crippen LogP contribution < -0.4 is 5.32 Å². The lowest BCUT2D eigenvalue weighted by Crippen LogP contribution is -2.49. The maximum Gasteiger partial charge on any atom is 0.105 e. The summed E-state index contributed by atoms with van der Waals surface area (Å²) < 4.78 is 0. The maximum atomic E-state index is 9.41. The Morgan fingerprint density at radius 1 is 1.39 bits per heavy atom. The predicted octanol–water partition coefficient (Wildman–Crippen LogP) is 2.92. The lowest BCUT2D eigenvalue weighted by atomic mass is 9.93. The summed E-state index contributed by atoms with van der Waals surface area (Å²) >= 11 is 0. The second kappa shape index (κ2) is 6.54. The number of rotatable bonds is 8. The first-order chi connectivity index (χ1) is 8.45. The molecule has 18 heavy (non-hydrogen) atoms. The molecule has 0 aromatic rings. The molecule has 0 aliphatic heterocycles. The second-order valence-corrected chi connectivity index (χ2v) is 6.05. The smallest absolute Gasteiger partial charge is 0.105 e. The fourth-order valence-corrected chi connectivity index (χ4v) is 2.77. The van der Waals surface area contributed by atoms with E-state index >= 15 is 0 Å². The summed E-state index contributed by atoms with van der Waals surface area (Å²) in [5.41, 5.74) is -0.374. The fourth-order valence-electron chi connectivity index (χ4n) is 2.77. The van der Waals surface area contributed by atoms with Crippen molar-refractivity contribution in [3.05, 3.63) is 0 Å². The lowest BCUT2D eigenvalue weighted by molar-refractivity contribution is 0.148. The monoisotopic (exact) mass is 251 g/mol. The highest BCUT2D eigenvalue weighted by atomic mass is 15.2. The van der Waals surface area contributed by atoms with E-state index in [1.165, 1.54) is 25.7 Å². The summed E-state index contributed by atoms with van der Waals surface area (Å²) in [5.74, 6) is 0. The Labute approximate surface area is 113 Å². The highest BCUT2D eigenvalue weighted by molar-refractivity contribution is 5.08. The van der Waals surface area contributed by atoms with E-state index in [1.54, 1.807) is 0 Å². The molecule has 1 saturated carbocycles. The largest absolute Gasteiger partial charge is 0.301 e. The highest BCUT2D eigenvalue weighted by Gasteiger charge is 2.34. The van der Waals surface area contributed by atoms with Gasteiger partial charge in [0.2, 0.25) is 0 Å². The van der Waals surface area contributed by atoms with Crippen molar-refractivity contribution < 1.29 is 0 Å². The number of hydrogen-bond acceptors (Lipinski definition) is 3. The fraction of sp³-hybridized carbons (Fsp3) is 0.933. The molecular weight excluding hydrogens is 222 g/mol. The third kappa shape index (κ3) is 4.26. The van der Waals surface area contributed by atoms with E-state index < -0.39 is 0 Å². The molecule has 1 fully saturated rings. The molecular formula is C15H29N3. The van der Waals surface area contributed by atoms with Crippen LogP contribution in [0.2, 0.25) is 0 Å². The van der Waals surface area contributed by atoms with Gasteiger partial charge in [0, 0.05) is 18.1 Å². The Morgan fingerprint density at radius 2 is 1.94 bits per heavy atom. The van der Waals surface area contributed by atoms with Gasteiger partial charge >= 0.3 is 0 Å². The summed E-state index contributed by atoms with van der Waals surface area (Å²) in [6, 6.07) is 4.12. The van der Waals surface area contributed by atoms with Crippen LogP contribution in [-0.2, 0) is 0 Å². The summed E-state index contributed by atoms with van der Waals surface area (Å²) in [4.78, 5) is 2.43. The molecule has 0 radical (unpaired) electrons. The second-order valence-electron chi connectivity index (χ2n) is 6.05. The molecule has 0 bridgehead atoms. The minimum atomic E-state index is -0.374. The molecule has 0 aromatic carbocycles. The molecule has 1 aliphatic carbocycles. The van der Waals surface area contributed by atoms with Gasteiger partial charge in [-0.05, 0) is 53.0 Å². The molecule has 1 aliphatic rings. The number of hydrogen-bond donors (Lipinski definition) is 1. The van der Waals surface area contributed by atoms with Gasteiger partial charge in [-0.3, -0.25) is 5.32 Å². The normalized spacial score (nSPS) is 20.8. The molecule has 1 rings (SSSR count). The van der Waals surface area contributed by atoms with Crippen LogP contribution in [0.3, 0.4) is 0 Å². The molecule has 3 heteroatoms. The van der Waals surface area contributed by atoms with Crippen LogP contribution >= 0.6 is 0 Å². The van der Waals surface area contributed by atoms with Gasteiger partial charge in [0.1, 0.15) is 5.54 Å². The van der Waals surface area contributed by atoms with Crippen molar-refractivity contribution in [3.63, 3.8) is 0 Å². The Kier molecular flexibility index (Phi) is 5.62. The van der Waals surface area contributed by atoms with Crippen molar-refractivity contribution in [1.82, 2.24) is 10.2 Å². The molecule has 1 N–H and O–H groups in total. The number of nitrogens with zero attached hydrogens (tertiary/aromatic N) is 2. The molecule has 0 saturated heterocycles. The van der Waals surface area contributed by atoms with E-state index in [2.05, 4.69) is 44.1 Å². The number of nitriles is 1. The van der Waals surface area contributed by atoms with Gasteiger partial charge in [0.05, 0.1) is 6.07 Å². The van der Waals surface area contributed by atoms with Crippen LogP contribution in [0.25, 0.3) is 0 Å². The summed E-state index contributed by atoms with van der Waals surface area (Å²) in [6.45, 7) is 8.76. The van der Waals surface area contributed by atoms with E-state index in [-0.39, 0.29) is 5.54 Å². The Balaban J connectivity index is 2.54. The summed E-state index contributed by atoms with van der Waals surface area (Å²) in [5, 5.41) is 12.9. The third-order valence-electron chi connectivity index (χ3n) is 4.26. The molecule has 104 valence electrons. The molecule has 3 nitrogen and oxygen atoms in total. The molecule has 0 aromatic heterocycles. The SMILES string of the molecule is CCC(CC)N(C)C(C)CC(C)(C#N)NC1CC1. The Morgan fingerprint density at radius 3 is 2.33 bits per heavy atom. The number of nitrogens with one attached hydrogen (secondary N) is 1. The zero-order valence-corrected chi connectivity index (χ0v) is 12.7. The van der Waals surface area contributed by atoms with Gasteiger partial charge in [-0.1, -0.05) is 13.8 Å². The first-order valence-corrected chi connectivity index (χ1v) is 7.36. The molecule has 0 amide bonds. The zero-order valence-electron chi connectivity index (χ0n) is 12.7. The van der Waals surface area contributed by atoms with Gasteiger partial charge in [-0.25, -0.2) is 0 Å². The van der Waals surface area contributed by atoms with Crippen LogP contribution in [0.5, 0.6) is 0 Å². The van der Waals surface area contributed by atoms with Crippen LogP contribution in [0.4, 0.5) is 0 Å². The van der Waals surface area contributed by atoms with Crippen molar-refractivity contribution in [2.75, 3.05) is 7.05 Å². The topological polar surface area (TPSA) is 39.1 Å². The van der Waals surface area contributed by atoms with Gasteiger partial charge in [0.25, 0.3) is 0 Å². The van der Waals surface area contributed by atoms with E-state index in [0.29, 0.717) is 18.1 Å². The average molecular weight is 251 g/mol. The van der Waals surface area contributed by atoms with Crippen LogP contribution in [0, 0.1) is 11.3 Å². The van der Waals surface area contributed by atoms with Crippen LogP contribution in [0.15, 0.2) is 0 Å². The average Bonchev–Trinajstić information content (AvgIpc) is 3.14. The van der Waals surface area contributed by atoms with Crippen LogP contribution in [-0.4, -0.2) is 35.6 Å². The molecule has 0 heterocycles. The standard InChI is InChI=1S/C15H29N3/c1-6-14(7-2)18(5)12(3)10-15(4,11-16)17-13-8-9-13/h12-14,17H,6-10H2,1-5H3. The van der Waals surface area contributed by atoms with E-state index in [1.807, 2.05) is 6.92 Å². The maximum absolute atomic E-state index is 9.41. The highest BCUT2D eigenvalue weighted by Crippen LogP contribution is 2.26. The minimum absolute atomic E-state index is 0.374. The third-order valence-corrected chi connectivity index (χ3v) is 4.26. The van der Waals surface area contributed by atoms with Gasteiger partial charge in [-0.15, -0.1) is 0 Å². The summed E-state index contributed by atoms with van der Waals surface area (Å²) in [7, 11) is 2.19. The molecule has 0 spiro atoms. The van der Waals surface area contributed by atoms with Crippen molar-refractivity contribution >= 4 is 0 Å². The van der Waals surface area contributed by atoms with E-state index in [9.17, 15) is 5.26 Å². The van der Waals surface area contributed by atoms with Gasteiger partial charge in [-0.2, -0.15) is 5.26 Å². The first-order valence-electron chi connectivity index (χ1n) is 7.36. The van der Waals surface area contributed by atoms with Crippen molar-refractivity contribution in [2.24, 2.45) is 0 Å². The van der Waals surface area contributed by atoms with Crippen molar-refractivity contribution in [1.29, 1.82) is 5.26 Å². The van der Waals surface area contributed by atoms with E-state index in [4.69, 9.17) is 0 Å². The van der Waals surface area contributed by atoms with Crippen molar-refractivity contribution in [3.8, 4) is 6.07 Å². The van der Waals surface area contributed by atoms with E-state index in [0.717, 1.165) is 6.42 Å². The van der Waals surface area contributed by atoms with Crippen LogP contribution in [0.1, 0.15) is 59.8 Å². The molecule has 2 atom stereocenters. The quantitative estimate of drug-likeness (QED) is 0.721. The lowest BCUT2D eigenvalue weighted by Gasteiger charge is -2.36. The van der Waals surface area contributed by atoms with Crippen molar-refractivity contribution in [2.45, 2.75) is 83.5 Å². The minimum Gasteiger partial charge on any atom is -0.301 e.